The molecule has 2 rings (SSSR count). The quantitative estimate of drug-likeness (QED) is 0.892. The molecule has 0 aliphatic rings. The summed E-state index contributed by atoms with van der Waals surface area (Å²) in [6, 6.07) is 9.73. The number of nitrogens with one attached hydrogen (secondary N) is 1. The lowest BCUT2D eigenvalue weighted by molar-refractivity contribution is -0.122. The Morgan fingerprint density at radius 2 is 2.09 bits per heavy atom. The van der Waals surface area contributed by atoms with Crippen LogP contribution < -0.4 is 10.1 Å². The van der Waals surface area contributed by atoms with Gasteiger partial charge in [-0.05, 0) is 32.9 Å². The monoisotopic (exact) mass is 301 g/mol. The van der Waals surface area contributed by atoms with Gasteiger partial charge in [-0.3, -0.25) is 9.48 Å². The van der Waals surface area contributed by atoms with Gasteiger partial charge in [-0.2, -0.15) is 5.10 Å². The Kier molecular flexibility index (Phi) is 5.20. The lowest BCUT2D eigenvalue weighted by Crippen LogP contribution is -2.26. The Morgan fingerprint density at radius 1 is 1.36 bits per heavy atom. The molecule has 0 fully saturated rings. The number of carbonyl (C=O) groups is 1. The Bertz CT molecular complexity index is 649. The molecule has 5 heteroatoms. The van der Waals surface area contributed by atoms with E-state index in [4.69, 9.17) is 4.74 Å². The maximum atomic E-state index is 12.1. The summed E-state index contributed by atoms with van der Waals surface area (Å²) in [6.07, 6.45) is 0.400. The highest BCUT2D eigenvalue weighted by atomic mass is 16.5. The van der Waals surface area contributed by atoms with Crippen LogP contribution in [-0.4, -0.2) is 22.8 Å². The van der Waals surface area contributed by atoms with Gasteiger partial charge in [0, 0.05) is 24.2 Å². The Balaban J connectivity index is 1.91. The van der Waals surface area contributed by atoms with E-state index >= 15 is 0 Å². The average molecular weight is 301 g/mol. The van der Waals surface area contributed by atoms with E-state index in [1.165, 1.54) is 0 Å². The summed E-state index contributed by atoms with van der Waals surface area (Å²) < 4.78 is 7.18. The fourth-order valence-electron chi connectivity index (χ4n) is 2.56. The van der Waals surface area contributed by atoms with Gasteiger partial charge in [0.05, 0.1) is 18.8 Å². The van der Waals surface area contributed by atoms with Gasteiger partial charge in [-0.25, -0.2) is 0 Å². The highest BCUT2D eigenvalue weighted by molar-refractivity contribution is 5.76. The molecule has 1 aromatic heterocycles. The molecule has 0 saturated heterocycles. The van der Waals surface area contributed by atoms with Crippen LogP contribution in [0.2, 0.25) is 0 Å². The summed E-state index contributed by atoms with van der Waals surface area (Å²) >= 11 is 0. The molecule has 118 valence electrons. The molecule has 0 saturated carbocycles. The standard InChI is InChI=1S/C17H23N3O2/c1-12-9-13(2)20(19-12)14(3)10-17(21)18-11-15-7-5-6-8-16(15)22-4/h5-9,14H,10-11H2,1-4H3,(H,18,21). The Morgan fingerprint density at radius 3 is 2.73 bits per heavy atom. The van der Waals surface area contributed by atoms with E-state index < -0.39 is 0 Å². The molecule has 1 aromatic carbocycles. The molecule has 0 aliphatic carbocycles. The van der Waals surface area contributed by atoms with Crippen molar-refractivity contribution in [3.63, 3.8) is 0 Å². The van der Waals surface area contributed by atoms with Gasteiger partial charge in [0.15, 0.2) is 0 Å². The smallest absolute Gasteiger partial charge is 0.222 e. The third-order valence-corrected chi connectivity index (χ3v) is 3.61. The maximum Gasteiger partial charge on any atom is 0.222 e. The fourth-order valence-corrected chi connectivity index (χ4v) is 2.56. The zero-order valence-corrected chi connectivity index (χ0v) is 13.6. The molecule has 1 N–H and O–H groups in total. The first-order valence-electron chi connectivity index (χ1n) is 7.42. The highest BCUT2D eigenvalue weighted by Crippen LogP contribution is 2.17. The molecule has 2 aromatic rings. The number of aromatic nitrogens is 2. The van der Waals surface area contributed by atoms with E-state index in [1.807, 2.05) is 55.8 Å². The molecule has 1 heterocycles. The van der Waals surface area contributed by atoms with Gasteiger partial charge in [0.2, 0.25) is 5.91 Å². The molecular formula is C17H23N3O2. The molecule has 0 bridgehead atoms. The van der Waals surface area contributed by atoms with E-state index in [-0.39, 0.29) is 11.9 Å². The van der Waals surface area contributed by atoms with Gasteiger partial charge in [0.25, 0.3) is 0 Å². The first-order chi connectivity index (χ1) is 10.5. The predicted octanol–water partition coefficient (Wildman–Crippen LogP) is 2.78. The number of nitrogens with zero attached hydrogens (tertiary/aromatic N) is 2. The van der Waals surface area contributed by atoms with E-state index in [0.717, 1.165) is 22.7 Å². The molecule has 0 radical (unpaired) electrons. The second-order valence-electron chi connectivity index (χ2n) is 5.51. The third kappa shape index (κ3) is 3.87. The van der Waals surface area contributed by atoms with E-state index in [0.29, 0.717) is 13.0 Å². The van der Waals surface area contributed by atoms with Gasteiger partial charge < -0.3 is 10.1 Å². The molecule has 1 atom stereocenters. The van der Waals surface area contributed by atoms with Crippen molar-refractivity contribution in [2.24, 2.45) is 0 Å². The van der Waals surface area contributed by atoms with Crippen molar-refractivity contribution < 1.29 is 9.53 Å². The number of methoxy groups -OCH3 is 1. The van der Waals surface area contributed by atoms with E-state index in [2.05, 4.69) is 10.4 Å². The van der Waals surface area contributed by atoms with Crippen LogP contribution in [0.3, 0.4) is 0 Å². The minimum atomic E-state index is 0.00552. The zero-order valence-electron chi connectivity index (χ0n) is 13.6. The third-order valence-electron chi connectivity index (χ3n) is 3.61. The summed E-state index contributed by atoms with van der Waals surface area (Å²) in [5, 5.41) is 7.37. The molecule has 1 amide bonds. The fraction of sp³-hybridized carbons (Fsp3) is 0.412. The number of ether oxygens (including phenoxy) is 1. The second-order valence-corrected chi connectivity index (χ2v) is 5.51. The molecule has 1 unspecified atom stereocenters. The minimum Gasteiger partial charge on any atom is -0.496 e. The normalized spacial score (nSPS) is 12.0. The lowest BCUT2D eigenvalue weighted by Gasteiger charge is -2.15. The van der Waals surface area contributed by atoms with Gasteiger partial charge in [0.1, 0.15) is 5.75 Å². The van der Waals surface area contributed by atoms with Crippen LogP contribution in [0.4, 0.5) is 0 Å². The van der Waals surface area contributed by atoms with Crippen LogP contribution in [0.5, 0.6) is 5.75 Å². The van der Waals surface area contributed by atoms with Crippen LogP contribution >= 0.6 is 0 Å². The number of aryl methyl sites for hydroxylation is 2. The number of hydrogen-bond acceptors (Lipinski definition) is 3. The van der Waals surface area contributed by atoms with Crippen molar-refractivity contribution in [2.75, 3.05) is 7.11 Å². The summed E-state index contributed by atoms with van der Waals surface area (Å²) in [4.78, 5) is 12.1. The van der Waals surface area contributed by atoms with Gasteiger partial charge in [-0.15, -0.1) is 0 Å². The van der Waals surface area contributed by atoms with Crippen molar-refractivity contribution in [1.29, 1.82) is 0 Å². The largest absolute Gasteiger partial charge is 0.496 e. The Hall–Kier alpha value is -2.30. The number of hydrogen-bond donors (Lipinski definition) is 1. The van der Waals surface area contributed by atoms with Crippen molar-refractivity contribution >= 4 is 5.91 Å². The molecular weight excluding hydrogens is 278 g/mol. The molecule has 5 nitrogen and oxygen atoms in total. The summed E-state index contributed by atoms with van der Waals surface area (Å²) in [5.74, 6) is 0.792. The molecule has 22 heavy (non-hydrogen) atoms. The van der Waals surface area contributed by atoms with Crippen LogP contribution in [0.1, 0.15) is 36.3 Å². The first kappa shape index (κ1) is 16.1. The SMILES string of the molecule is COc1ccccc1CNC(=O)CC(C)n1nc(C)cc1C. The summed E-state index contributed by atoms with van der Waals surface area (Å²) in [5.41, 5.74) is 3.01. The van der Waals surface area contributed by atoms with E-state index in [9.17, 15) is 4.79 Å². The topological polar surface area (TPSA) is 56.1 Å². The van der Waals surface area contributed by atoms with Crippen molar-refractivity contribution in [2.45, 2.75) is 39.8 Å². The van der Waals surface area contributed by atoms with Crippen molar-refractivity contribution in [3.05, 3.63) is 47.3 Å². The van der Waals surface area contributed by atoms with Crippen LogP contribution in [0.15, 0.2) is 30.3 Å². The summed E-state index contributed by atoms with van der Waals surface area (Å²) in [6.45, 7) is 6.43. The van der Waals surface area contributed by atoms with Gasteiger partial charge in [-0.1, -0.05) is 18.2 Å². The lowest BCUT2D eigenvalue weighted by atomic mass is 10.2. The predicted molar refractivity (Wildman–Crippen MR) is 85.9 cm³/mol. The van der Waals surface area contributed by atoms with Crippen molar-refractivity contribution in [3.8, 4) is 5.75 Å². The zero-order chi connectivity index (χ0) is 16.1. The van der Waals surface area contributed by atoms with Crippen LogP contribution in [0, 0.1) is 13.8 Å². The number of amides is 1. The second kappa shape index (κ2) is 7.11. The highest BCUT2D eigenvalue weighted by Gasteiger charge is 2.14. The average Bonchev–Trinajstić information content (AvgIpc) is 2.84. The Labute approximate surface area is 131 Å². The number of carbonyl (C=O) groups excluding carboxylic acids is 1. The minimum absolute atomic E-state index is 0.00552. The molecule has 0 spiro atoms. The maximum absolute atomic E-state index is 12.1. The van der Waals surface area contributed by atoms with Crippen molar-refractivity contribution in [1.82, 2.24) is 15.1 Å². The summed E-state index contributed by atoms with van der Waals surface area (Å²) in [7, 11) is 1.63. The first-order valence-corrected chi connectivity index (χ1v) is 7.42. The van der Waals surface area contributed by atoms with Gasteiger partial charge >= 0.3 is 0 Å². The number of para-hydroxylation sites is 1. The van der Waals surface area contributed by atoms with Crippen LogP contribution in [-0.2, 0) is 11.3 Å². The number of benzene rings is 1. The van der Waals surface area contributed by atoms with E-state index in [1.54, 1.807) is 7.11 Å². The van der Waals surface area contributed by atoms with Crippen LogP contribution in [0.25, 0.3) is 0 Å². The molecule has 0 aliphatic heterocycles. The number of rotatable bonds is 6.